The number of esters is 1. The number of aromatic nitrogens is 1. The minimum Gasteiger partial charge on any atom is -0.462 e. The van der Waals surface area contributed by atoms with E-state index in [1.807, 2.05) is 31.3 Å². The van der Waals surface area contributed by atoms with Crippen LogP contribution < -0.4 is 0 Å². The van der Waals surface area contributed by atoms with Gasteiger partial charge in [-0.05, 0) is 59.0 Å². The van der Waals surface area contributed by atoms with E-state index in [1.165, 1.54) is 27.7 Å². The van der Waals surface area contributed by atoms with Crippen LogP contribution in [0.15, 0.2) is 73.1 Å². The summed E-state index contributed by atoms with van der Waals surface area (Å²) in [5, 5.41) is 2.48. The highest BCUT2D eigenvalue weighted by Gasteiger charge is 2.13. The molecule has 0 saturated carbocycles. The molecule has 0 aliphatic carbocycles. The van der Waals surface area contributed by atoms with Crippen LogP contribution in [0.1, 0.15) is 27.7 Å². The zero-order valence-electron chi connectivity index (χ0n) is 15.0. The van der Waals surface area contributed by atoms with Gasteiger partial charge in [-0.25, -0.2) is 4.79 Å². The summed E-state index contributed by atoms with van der Waals surface area (Å²) in [4.78, 5) is 18.0. The van der Waals surface area contributed by atoms with E-state index in [0.717, 1.165) is 22.4 Å². The molecule has 0 spiro atoms. The first kappa shape index (κ1) is 17.4. The van der Waals surface area contributed by atoms with E-state index < -0.39 is 0 Å². The molecule has 0 amide bonds. The number of carbonyl (C=O) groups is 1. The van der Waals surface area contributed by atoms with Crippen molar-refractivity contribution in [2.24, 2.45) is 0 Å². The van der Waals surface area contributed by atoms with Gasteiger partial charge in [0.15, 0.2) is 0 Å². The van der Waals surface area contributed by atoms with E-state index in [9.17, 15) is 4.79 Å². The van der Waals surface area contributed by atoms with Crippen molar-refractivity contribution in [3.63, 3.8) is 0 Å². The summed E-state index contributed by atoms with van der Waals surface area (Å²) in [6.07, 6.45) is 4.50. The molecule has 27 heavy (non-hydrogen) atoms. The van der Waals surface area contributed by atoms with E-state index >= 15 is 0 Å². The van der Waals surface area contributed by atoms with E-state index in [-0.39, 0.29) is 5.97 Å². The lowest BCUT2D eigenvalue weighted by atomic mass is 9.99. The van der Waals surface area contributed by atoms with Crippen LogP contribution in [0.2, 0.25) is 0 Å². The van der Waals surface area contributed by atoms with Crippen LogP contribution in [0.25, 0.3) is 21.2 Å². The fourth-order valence-corrected chi connectivity index (χ4v) is 4.13. The Morgan fingerprint density at radius 3 is 2.74 bits per heavy atom. The molecular formula is C23H19NO2S. The summed E-state index contributed by atoms with van der Waals surface area (Å²) in [5.41, 5.74) is 3.49. The fourth-order valence-electron chi connectivity index (χ4n) is 3.17. The van der Waals surface area contributed by atoms with Gasteiger partial charge in [0.2, 0.25) is 0 Å². The lowest BCUT2D eigenvalue weighted by molar-refractivity contribution is 0.0532. The number of hydrogen-bond donors (Lipinski definition) is 0. The molecule has 2 heterocycles. The number of carbonyl (C=O) groups excluding carboxylic acids is 1. The molecule has 0 N–H and O–H groups in total. The highest BCUT2D eigenvalue weighted by molar-refractivity contribution is 7.17. The van der Waals surface area contributed by atoms with Crippen molar-refractivity contribution < 1.29 is 9.53 Å². The summed E-state index contributed by atoms with van der Waals surface area (Å²) < 4.78 is 5.10. The summed E-state index contributed by atoms with van der Waals surface area (Å²) in [6, 6.07) is 20.7. The van der Waals surface area contributed by atoms with Gasteiger partial charge >= 0.3 is 5.97 Å². The fraction of sp³-hybridized carbons (Fsp3) is 0.130. The number of thiophene rings is 1. The number of benzene rings is 2. The smallest absolute Gasteiger partial charge is 0.348 e. The molecule has 2 aromatic carbocycles. The van der Waals surface area contributed by atoms with Crippen molar-refractivity contribution in [3.05, 3.63) is 89.1 Å². The zero-order valence-corrected chi connectivity index (χ0v) is 15.8. The monoisotopic (exact) mass is 373 g/mol. The Balaban J connectivity index is 1.65. The van der Waals surface area contributed by atoms with E-state index in [0.29, 0.717) is 11.5 Å². The van der Waals surface area contributed by atoms with Crippen LogP contribution in [-0.4, -0.2) is 17.6 Å². The highest BCUT2D eigenvalue weighted by atomic mass is 32.1. The lowest BCUT2D eigenvalue weighted by Crippen LogP contribution is -2.01. The maximum absolute atomic E-state index is 12.0. The molecule has 0 saturated heterocycles. The van der Waals surface area contributed by atoms with Crippen LogP contribution >= 0.6 is 11.3 Å². The topological polar surface area (TPSA) is 39.2 Å². The van der Waals surface area contributed by atoms with E-state index in [1.54, 1.807) is 6.20 Å². The SMILES string of the molecule is CCOC(=O)c1ccc(-c2ccncc2Cc2ccc3ccccc3c2)s1. The number of ether oxygens (including phenoxy) is 1. The van der Waals surface area contributed by atoms with E-state index in [4.69, 9.17) is 4.74 Å². The standard InChI is InChI=1S/C23H19NO2S/c1-2-26-23(25)22-10-9-21(27-22)20-11-12-24-15-19(20)14-16-7-8-17-5-3-4-6-18(17)13-16/h3-13,15H,2,14H2,1H3. The van der Waals surface area contributed by atoms with Crippen molar-refractivity contribution in [1.29, 1.82) is 0 Å². The first-order valence-corrected chi connectivity index (χ1v) is 9.74. The lowest BCUT2D eigenvalue weighted by Gasteiger charge is -2.08. The molecule has 134 valence electrons. The van der Waals surface area contributed by atoms with Gasteiger partial charge in [-0.2, -0.15) is 0 Å². The van der Waals surface area contributed by atoms with Gasteiger partial charge in [0.1, 0.15) is 4.88 Å². The largest absolute Gasteiger partial charge is 0.462 e. The Bertz CT molecular complexity index is 1100. The molecule has 0 aliphatic rings. The van der Waals surface area contributed by atoms with Gasteiger partial charge in [-0.1, -0.05) is 42.5 Å². The van der Waals surface area contributed by atoms with Crippen molar-refractivity contribution in [3.8, 4) is 10.4 Å². The molecule has 4 rings (SSSR count). The molecule has 0 bridgehead atoms. The summed E-state index contributed by atoms with van der Waals surface area (Å²) in [7, 11) is 0. The molecule has 0 atom stereocenters. The van der Waals surface area contributed by atoms with Gasteiger partial charge in [0, 0.05) is 17.3 Å². The van der Waals surface area contributed by atoms with Gasteiger partial charge in [0.05, 0.1) is 6.61 Å². The molecular weight excluding hydrogens is 354 g/mol. The summed E-state index contributed by atoms with van der Waals surface area (Å²) in [6.45, 7) is 2.20. The van der Waals surface area contributed by atoms with Crippen LogP contribution in [-0.2, 0) is 11.2 Å². The van der Waals surface area contributed by atoms with Crippen molar-refractivity contribution >= 4 is 28.1 Å². The number of hydrogen-bond acceptors (Lipinski definition) is 4. The number of pyridine rings is 1. The van der Waals surface area contributed by atoms with Crippen molar-refractivity contribution in [2.75, 3.05) is 6.61 Å². The third-order valence-electron chi connectivity index (χ3n) is 4.46. The Kier molecular flexibility index (Phi) is 4.99. The van der Waals surface area contributed by atoms with Crippen molar-refractivity contribution in [2.45, 2.75) is 13.3 Å². The van der Waals surface area contributed by atoms with Gasteiger partial charge in [0.25, 0.3) is 0 Å². The molecule has 4 heteroatoms. The first-order valence-electron chi connectivity index (χ1n) is 8.92. The molecule has 0 radical (unpaired) electrons. The van der Waals surface area contributed by atoms with Crippen molar-refractivity contribution in [1.82, 2.24) is 4.98 Å². The maximum atomic E-state index is 12.0. The minimum absolute atomic E-state index is 0.265. The van der Waals surface area contributed by atoms with Gasteiger partial charge in [-0.3, -0.25) is 4.98 Å². The number of rotatable bonds is 5. The first-order chi connectivity index (χ1) is 13.2. The minimum atomic E-state index is -0.265. The van der Waals surface area contributed by atoms with E-state index in [2.05, 4.69) is 47.4 Å². The second kappa shape index (κ2) is 7.72. The van der Waals surface area contributed by atoms with Crippen LogP contribution in [0, 0.1) is 0 Å². The third-order valence-corrected chi connectivity index (χ3v) is 5.56. The average Bonchev–Trinajstić information content (AvgIpc) is 3.19. The normalized spacial score (nSPS) is 10.9. The van der Waals surface area contributed by atoms with Gasteiger partial charge < -0.3 is 4.74 Å². The molecule has 4 aromatic rings. The molecule has 0 aliphatic heterocycles. The quantitative estimate of drug-likeness (QED) is 0.419. The van der Waals surface area contributed by atoms with Crippen LogP contribution in [0.5, 0.6) is 0 Å². The third kappa shape index (κ3) is 3.76. The second-order valence-corrected chi connectivity index (χ2v) is 7.36. The summed E-state index contributed by atoms with van der Waals surface area (Å²) in [5.74, 6) is -0.265. The second-order valence-electron chi connectivity index (χ2n) is 6.28. The summed E-state index contributed by atoms with van der Waals surface area (Å²) >= 11 is 1.46. The predicted octanol–water partition coefficient (Wildman–Crippen LogP) is 5.73. The van der Waals surface area contributed by atoms with Crippen LogP contribution in [0.3, 0.4) is 0 Å². The Morgan fingerprint density at radius 2 is 1.89 bits per heavy atom. The molecule has 3 nitrogen and oxygen atoms in total. The maximum Gasteiger partial charge on any atom is 0.348 e. The number of fused-ring (bicyclic) bond motifs is 1. The highest BCUT2D eigenvalue weighted by Crippen LogP contribution is 2.32. The Hall–Kier alpha value is -2.98. The average molecular weight is 373 g/mol. The predicted molar refractivity (Wildman–Crippen MR) is 110 cm³/mol. The molecule has 0 fully saturated rings. The van der Waals surface area contributed by atoms with Crippen LogP contribution in [0.4, 0.5) is 0 Å². The zero-order chi connectivity index (χ0) is 18.6. The Morgan fingerprint density at radius 1 is 1.04 bits per heavy atom. The molecule has 2 aromatic heterocycles. The molecule has 0 unspecified atom stereocenters. The van der Waals surface area contributed by atoms with Gasteiger partial charge in [-0.15, -0.1) is 11.3 Å². The number of nitrogens with zero attached hydrogens (tertiary/aromatic N) is 1. The Labute approximate surface area is 162 Å².